The van der Waals surface area contributed by atoms with Crippen molar-refractivity contribution in [1.29, 1.82) is 0 Å². The smallest absolute Gasteiger partial charge is 0.257 e. The largest absolute Gasteiger partial charge is 0.463 e. The zero-order chi connectivity index (χ0) is 15.8. The summed E-state index contributed by atoms with van der Waals surface area (Å²) in [5, 5.41) is 12.5. The summed E-state index contributed by atoms with van der Waals surface area (Å²) in [6, 6.07) is 9.52. The molecule has 0 spiro atoms. The highest BCUT2D eigenvalue weighted by Crippen LogP contribution is 2.32. The van der Waals surface area contributed by atoms with Gasteiger partial charge in [-0.25, -0.2) is 4.39 Å². The summed E-state index contributed by atoms with van der Waals surface area (Å²) in [6.45, 7) is 0. The SMILES string of the molecule is O=C1Nc2cc(F)ccc2C1=CNc1cc(-c2ccco2)[nH]n1. The maximum Gasteiger partial charge on any atom is 0.257 e. The summed E-state index contributed by atoms with van der Waals surface area (Å²) in [5.74, 6) is 0.512. The van der Waals surface area contributed by atoms with Gasteiger partial charge in [0, 0.05) is 17.8 Å². The Morgan fingerprint density at radius 3 is 3.00 bits per heavy atom. The van der Waals surface area contributed by atoms with Crippen LogP contribution in [0.5, 0.6) is 0 Å². The van der Waals surface area contributed by atoms with Crippen molar-refractivity contribution in [2.24, 2.45) is 0 Å². The Hall–Kier alpha value is -3.35. The molecule has 3 aromatic rings. The standard InChI is InChI=1S/C16H11FN4O2/c17-9-3-4-10-11(16(22)19-12(10)6-9)8-18-15-7-13(20-21-15)14-2-1-5-23-14/h1-8H,(H,19,22)(H2,18,20,21). The minimum absolute atomic E-state index is 0.292. The fourth-order valence-electron chi connectivity index (χ4n) is 2.41. The maximum absolute atomic E-state index is 13.2. The minimum Gasteiger partial charge on any atom is -0.463 e. The predicted octanol–water partition coefficient (Wildman–Crippen LogP) is 3.21. The number of amides is 1. The molecule has 0 radical (unpaired) electrons. The molecule has 3 N–H and O–H groups in total. The van der Waals surface area contributed by atoms with Gasteiger partial charge < -0.3 is 15.1 Å². The van der Waals surface area contributed by atoms with E-state index in [-0.39, 0.29) is 5.91 Å². The first-order chi connectivity index (χ1) is 11.2. The van der Waals surface area contributed by atoms with Crippen molar-refractivity contribution < 1.29 is 13.6 Å². The molecule has 0 aliphatic carbocycles. The van der Waals surface area contributed by atoms with E-state index in [0.29, 0.717) is 34.1 Å². The van der Waals surface area contributed by atoms with Gasteiger partial charge in [0.25, 0.3) is 5.91 Å². The third-order valence-electron chi connectivity index (χ3n) is 3.49. The van der Waals surface area contributed by atoms with Crippen molar-refractivity contribution in [2.75, 3.05) is 10.6 Å². The van der Waals surface area contributed by atoms with Crippen LogP contribution in [-0.4, -0.2) is 16.1 Å². The van der Waals surface area contributed by atoms with Crippen LogP contribution in [0.25, 0.3) is 17.0 Å². The van der Waals surface area contributed by atoms with Crippen LogP contribution in [0, 0.1) is 5.82 Å². The Bertz CT molecular complexity index is 912. The number of hydrogen-bond acceptors (Lipinski definition) is 4. The number of halogens is 1. The van der Waals surface area contributed by atoms with Crippen LogP contribution < -0.4 is 10.6 Å². The molecule has 0 atom stereocenters. The second kappa shape index (κ2) is 5.13. The summed E-state index contributed by atoms with van der Waals surface area (Å²) in [4.78, 5) is 12.0. The third kappa shape index (κ3) is 2.38. The average Bonchev–Trinajstić information content (AvgIpc) is 3.24. The number of fused-ring (bicyclic) bond motifs is 1. The Morgan fingerprint density at radius 2 is 2.17 bits per heavy atom. The number of hydrogen-bond donors (Lipinski definition) is 3. The molecule has 1 aliphatic rings. The molecule has 0 saturated heterocycles. The lowest BCUT2D eigenvalue weighted by atomic mass is 10.1. The van der Waals surface area contributed by atoms with E-state index in [1.807, 2.05) is 6.07 Å². The quantitative estimate of drug-likeness (QED) is 0.649. The van der Waals surface area contributed by atoms with Gasteiger partial charge in [-0.05, 0) is 30.3 Å². The molecule has 0 unspecified atom stereocenters. The molecule has 0 saturated carbocycles. The fraction of sp³-hybridized carbons (Fsp3) is 0. The fourth-order valence-corrected chi connectivity index (χ4v) is 2.41. The Balaban J connectivity index is 1.59. The van der Waals surface area contributed by atoms with Crippen LogP contribution in [0.4, 0.5) is 15.9 Å². The highest BCUT2D eigenvalue weighted by molar-refractivity contribution is 6.31. The molecule has 0 fully saturated rings. The van der Waals surface area contributed by atoms with Gasteiger partial charge in [-0.15, -0.1) is 0 Å². The number of carbonyl (C=O) groups is 1. The van der Waals surface area contributed by atoms with Gasteiger partial charge >= 0.3 is 0 Å². The van der Waals surface area contributed by atoms with Crippen LogP contribution in [0.3, 0.4) is 0 Å². The van der Waals surface area contributed by atoms with Crippen molar-refractivity contribution in [3.05, 3.63) is 60.2 Å². The zero-order valence-corrected chi connectivity index (χ0v) is 11.8. The number of nitrogens with one attached hydrogen (secondary N) is 3. The normalized spacial score (nSPS) is 14.8. The first-order valence-electron chi connectivity index (χ1n) is 6.88. The Kier molecular flexibility index (Phi) is 2.97. The number of rotatable bonds is 3. The molecule has 1 aromatic carbocycles. The number of benzene rings is 1. The summed E-state index contributed by atoms with van der Waals surface area (Å²) >= 11 is 0. The summed E-state index contributed by atoms with van der Waals surface area (Å²) < 4.78 is 18.5. The van der Waals surface area contributed by atoms with Crippen LogP contribution >= 0.6 is 0 Å². The van der Waals surface area contributed by atoms with Crippen molar-refractivity contribution in [3.63, 3.8) is 0 Å². The van der Waals surface area contributed by atoms with Crippen molar-refractivity contribution in [1.82, 2.24) is 10.2 Å². The molecule has 0 bridgehead atoms. The second-order valence-electron chi connectivity index (χ2n) is 4.99. The summed E-state index contributed by atoms with van der Waals surface area (Å²) in [6.07, 6.45) is 3.12. The number of aromatic nitrogens is 2. The number of nitrogens with zero attached hydrogens (tertiary/aromatic N) is 1. The molecule has 114 valence electrons. The molecule has 23 heavy (non-hydrogen) atoms. The van der Waals surface area contributed by atoms with E-state index >= 15 is 0 Å². The van der Waals surface area contributed by atoms with Crippen molar-refractivity contribution in [2.45, 2.75) is 0 Å². The van der Waals surface area contributed by atoms with Gasteiger partial charge in [0.1, 0.15) is 11.5 Å². The number of anilines is 2. The lowest BCUT2D eigenvalue weighted by molar-refractivity contribution is -0.110. The lowest BCUT2D eigenvalue weighted by Gasteiger charge is -1.99. The highest BCUT2D eigenvalue weighted by Gasteiger charge is 2.24. The van der Waals surface area contributed by atoms with E-state index < -0.39 is 5.82 Å². The summed E-state index contributed by atoms with van der Waals surface area (Å²) in [7, 11) is 0. The maximum atomic E-state index is 13.2. The van der Waals surface area contributed by atoms with Crippen molar-refractivity contribution >= 4 is 23.0 Å². The monoisotopic (exact) mass is 310 g/mol. The number of H-pyrrole nitrogens is 1. The van der Waals surface area contributed by atoms with Crippen molar-refractivity contribution in [3.8, 4) is 11.5 Å². The van der Waals surface area contributed by atoms with Crippen LogP contribution in [0.15, 0.2) is 53.3 Å². The molecule has 2 aromatic heterocycles. The molecule has 6 nitrogen and oxygen atoms in total. The van der Waals surface area contributed by atoms with Gasteiger partial charge in [0.15, 0.2) is 11.6 Å². The first kappa shape index (κ1) is 13.3. The number of aromatic amines is 1. The van der Waals surface area contributed by atoms with Gasteiger partial charge in [-0.2, -0.15) is 5.10 Å². The molecule has 1 amide bonds. The van der Waals surface area contributed by atoms with Crippen LogP contribution in [-0.2, 0) is 4.79 Å². The molecular weight excluding hydrogens is 299 g/mol. The van der Waals surface area contributed by atoms with E-state index in [2.05, 4.69) is 20.8 Å². The van der Waals surface area contributed by atoms with Crippen LogP contribution in [0.1, 0.15) is 5.56 Å². The predicted molar refractivity (Wildman–Crippen MR) is 82.9 cm³/mol. The topological polar surface area (TPSA) is 83.0 Å². The molecule has 1 aliphatic heterocycles. The van der Waals surface area contributed by atoms with Crippen LogP contribution in [0.2, 0.25) is 0 Å². The van der Waals surface area contributed by atoms with Gasteiger partial charge in [-0.1, -0.05) is 0 Å². The lowest BCUT2D eigenvalue weighted by Crippen LogP contribution is -2.05. The van der Waals surface area contributed by atoms with Gasteiger partial charge in [0.2, 0.25) is 0 Å². The highest BCUT2D eigenvalue weighted by atomic mass is 19.1. The minimum atomic E-state index is -0.395. The van der Waals surface area contributed by atoms with E-state index in [4.69, 9.17) is 4.42 Å². The Labute approximate surface area is 130 Å². The molecular formula is C16H11FN4O2. The van der Waals surface area contributed by atoms with E-state index in [1.54, 1.807) is 30.7 Å². The van der Waals surface area contributed by atoms with E-state index in [1.165, 1.54) is 12.1 Å². The molecule has 3 heterocycles. The number of furan rings is 1. The van der Waals surface area contributed by atoms with E-state index in [9.17, 15) is 9.18 Å². The zero-order valence-electron chi connectivity index (χ0n) is 11.8. The Morgan fingerprint density at radius 1 is 1.26 bits per heavy atom. The third-order valence-corrected chi connectivity index (χ3v) is 3.49. The second-order valence-corrected chi connectivity index (χ2v) is 4.99. The van der Waals surface area contributed by atoms with Gasteiger partial charge in [-0.3, -0.25) is 9.89 Å². The van der Waals surface area contributed by atoms with Gasteiger partial charge in [0.05, 0.1) is 17.5 Å². The average molecular weight is 310 g/mol. The molecule has 4 rings (SSSR count). The van der Waals surface area contributed by atoms with E-state index in [0.717, 1.165) is 0 Å². The molecule has 7 heteroatoms. The summed E-state index contributed by atoms with van der Waals surface area (Å²) in [5.41, 5.74) is 2.24. The first-order valence-corrected chi connectivity index (χ1v) is 6.88. The number of carbonyl (C=O) groups excluding carboxylic acids is 1.